The van der Waals surface area contributed by atoms with Gasteiger partial charge in [-0.2, -0.15) is 0 Å². The van der Waals surface area contributed by atoms with Crippen LogP contribution >= 0.6 is 0 Å². The Balaban J connectivity index is 1.54. The van der Waals surface area contributed by atoms with E-state index in [2.05, 4.69) is 41.3 Å². The van der Waals surface area contributed by atoms with Gasteiger partial charge in [0.2, 0.25) is 5.91 Å². The number of likely N-dealkylation sites (tertiary alicyclic amines) is 2. The minimum Gasteiger partial charge on any atom is -0.356 e. The molecule has 30 heavy (non-hydrogen) atoms. The standard InChI is InChI=1S/C25H32N2O3/c1-29-23(30-2)15-21-18-27(17-20-11-7-4-8-12-20)24-22(21)13-14-26(25(24)28)16-19-9-5-3-6-10-19/h3-12,21-24H,13-18H2,1-2H3/t21-,22-,24+/m1/s1. The van der Waals surface area contributed by atoms with Crippen LogP contribution in [0.3, 0.4) is 0 Å². The third kappa shape index (κ3) is 4.59. The molecule has 0 aromatic heterocycles. The van der Waals surface area contributed by atoms with Gasteiger partial charge in [0.05, 0.1) is 6.04 Å². The van der Waals surface area contributed by atoms with E-state index < -0.39 is 0 Å². The number of hydrogen-bond donors (Lipinski definition) is 0. The van der Waals surface area contributed by atoms with Crippen LogP contribution in [-0.4, -0.2) is 55.3 Å². The molecule has 0 aliphatic carbocycles. The second-order valence-corrected chi connectivity index (χ2v) is 8.45. The van der Waals surface area contributed by atoms with Gasteiger partial charge in [0.1, 0.15) is 0 Å². The van der Waals surface area contributed by atoms with Crippen LogP contribution in [0.1, 0.15) is 24.0 Å². The molecule has 2 saturated heterocycles. The van der Waals surface area contributed by atoms with Crippen LogP contribution in [0.15, 0.2) is 60.7 Å². The molecular weight excluding hydrogens is 376 g/mol. The number of ether oxygens (including phenoxy) is 2. The summed E-state index contributed by atoms with van der Waals surface area (Å²) < 4.78 is 11.0. The van der Waals surface area contributed by atoms with Gasteiger partial charge in [0.15, 0.2) is 6.29 Å². The highest BCUT2D eigenvalue weighted by Gasteiger charge is 2.49. The van der Waals surface area contributed by atoms with Gasteiger partial charge in [0.25, 0.3) is 0 Å². The number of rotatable bonds is 8. The average Bonchev–Trinajstić information content (AvgIpc) is 3.13. The second kappa shape index (κ2) is 9.73. The number of piperidine rings is 1. The molecule has 5 heteroatoms. The van der Waals surface area contributed by atoms with Crippen LogP contribution in [0.25, 0.3) is 0 Å². The summed E-state index contributed by atoms with van der Waals surface area (Å²) in [6, 6.07) is 20.7. The molecule has 2 aromatic rings. The number of benzene rings is 2. The van der Waals surface area contributed by atoms with Crippen LogP contribution in [-0.2, 0) is 27.4 Å². The van der Waals surface area contributed by atoms with Crippen molar-refractivity contribution < 1.29 is 14.3 Å². The van der Waals surface area contributed by atoms with Gasteiger partial charge in [-0.3, -0.25) is 9.69 Å². The zero-order valence-electron chi connectivity index (χ0n) is 17.9. The number of nitrogens with zero attached hydrogens (tertiary/aromatic N) is 2. The van der Waals surface area contributed by atoms with Gasteiger partial charge in [-0.25, -0.2) is 0 Å². The van der Waals surface area contributed by atoms with Crippen molar-refractivity contribution >= 4 is 5.91 Å². The molecule has 0 spiro atoms. The van der Waals surface area contributed by atoms with E-state index in [1.165, 1.54) is 11.1 Å². The average molecular weight is 409 g/mol. The summed E-state index contributed by atoms with van der Waals surface area (Å²) in [5.74, 6) is 1.01. The molecule has 3 atom stereocenters. The van der Waals surface area contributed by atoms with Crippen LogP contribution in [0.5, 0.6) is 0 Å². The molecule has 5 nitrogen and oxygen atoms in total. The Kier molecular flexibility index (Phi) is 6.82. The number of methoxy groups -OCH3 is 2. The van der Waals surface area contributed by atoms with E-state index in [4.69, 9.17) is 9.47 Å². The summed E-state index contributed by atoms with van der Waals surface area (Å²) in [4.78, 5) is 18.0. The molecule has 2 aliphatic rings. The van der Waals surface area contributed by atoms with Crippen molar-refractivity contribution in [1.29, 1.82) is 0 Å². The van der Waals surface area contributed by atoms with Crippen LogP contribution in [0, 0.1) is 11.8 Å². The summed E-state index contributed by atoms with van der Waals surface area (Å²) in [7, 11) is 3.38. The first kappa shape index (κ1) is 21.0. The van der Waals surface area contributed by atoms with Gasteiger partial charge < -0.3 is 14.4 Å². The fourth-order valence-corrected chi connectivity index (χ4v) is 5.14. The van der Waals surface area contributed by atoms with Crippen molar-refractivity contribution in [3.63, 3.8) is 0 Å². The summed E-state index contributed by atoms with van der Waals surface area (Å²) in [6.07, 6.45) is 1.63. The third-order valence-electron chi connectivity index (χ3n) is 6.64. The lowest BCUT2D eigenvalue weighted by molar-refractivity contribution is -0.142. The number of carbonyl (C=O) groups is 1. The lowest BCUT2D eigenvalue weighted by Crippen LogP contribution is -2.52. The summed E-state index contributed by atoms with van der Waals surface area (Å²) >= 11 is 0. The Morgan fingerprint density at radius 3 is 2.13 bits per heavy atom. The molecular formula is C25H32N2O3. The Hall–Kier alpha value is -2.21. The minimum absolute atomic E-state index is 0.0676. The highest BCUT2D eigenvalue weighted by molar-refractivity contribution is 5.83. The monoisotopic (exact) mass is 408 g/mol. The Bertz CT molecular complexity index is 810. The Labute approximate surface area is 179 Å². The molecule has 0 unspecified atom stereocenters. The minimum atomic E-state index is -0.218. The quantitative estimate of drug-likeness (QED) is 0.627. The van der Waals surface area contributed by atoms with Crippen molar-refractivity contribution in [2.75, 3.05) is 27.3 Å². The number of amides is 1. The first-order valence-corrected chi connectivity index (χ1v) is 10.9. The molecule has 2 heterocycles. The molecule has 0 saturated carbocycles. The maximum absolute atomic E-state index is 13.6. The molecule has 160 valence electrons. The Morgan fingerprint density at radius 2 is 1.53 bits per heavy atom. The summed E-state index contributed by atoms with van der Waals surface area (Å²) in [5.41, 5.74) is 2.44. The zero-order chi connectivity index (χ0) is 20.9. The lowest BCUT2D eigenvalue weighted by atomic mass is 9.82. The zero-order valence-corrected chi connectivity index (χ0v) is 17.9. The van der Waals surface area contributed by atoms with Crippen LogP contribution in [0.2, 0.25) is 0 Å². The normalized spacial score (nSPS) is 24.4. The molecule has 0 N–H and O–H groups in total. The van der Waals surface area contributed by atoms with E-state index in [1.807, 2.05) is 29.2 Å². The van der Waals surface area contributed by atoms with Crippen molar-refractivity contribution in [1.82, 2.24) is 9.80 Å². The van der Waals surface area contributed by atoms with Gasteiger partial charge in [0, 0.05) is 46.8 Å². The second-order valence-electron chi connectivity index (χ2n) is 8.45. The molecule has 1 amide bonds. The van der Waals surface area contributed by atoms with E-state index in [0.29, 0.717) is 18.4 Å². The van der Waals surface area contributed by atoms with E-state index in [1.54, 1.807) is 14.2 Å². The smallest absolute Gasteiger partial charge is 0.240 e. The van der Waals surface area contributed by atoms with E-state index in [9.17, 15) is 4.79 Å². The highest BCUT2D eigenvalue weighted by atomic mass is 16.7. The van der Waals surface area contributed by atoms with Gasteiger partial charge in [-0.15, -0.1) is 0 Å². The van der Waals surface area contributed by atoms with E-state index >= 15 is 0 Å². The van der Waals surface area contributed by atoms with E-state index in [0.717, 1.165) is 32.5 Å². The highest BCUT2D eigenvalue weighted by Crippen LogP contribution is 2.40. The van der Waals surface area contributed by atoms with Crippen molar-refractivity contribution in [3.05, 3.63) is 71.8 Å². The lowest BCUT2D eigenvalue weighted by Gasteiger charge is -2.38. The van der Waals surface area contributed by atoms with Crippen molar-refractivity contribution in [2.24, 2.45) is 11.8 Å². The predicted molar refractivity (Wildman–Crippen MR) is 117 cm³/mol. The first-order valence-electron chi connectivity index (χ1n) is 10.9. The van der Waals surface area contributed by atoms with Gasteiger partial charge >= 0.3 is 0 Å². The van der Waals surface area contributed by atoms with Gasteiger partial charge in [-0.1, -0.05) is 60.7 Å². The molecule has 4 rings (SSSR count). The maximum atomic E-state index is 13.6. The van der Waals surface area contributed by atoms with Crippen LogP contribution < -0.4 is 0 Å². The fraction of sp³-hybridized carbons (Fsp3) is 0.480. The third-order valence-corrected chi connectivity index (χ3v) is 6.64. The van der Waals surface area contributed by atoms with Crippen LogP contribution in [0.4, 0.5) is 0 Å². The number of fused-ring (bicyclic) bond motifs is 1. The van der Waals surface area contributed by atoms with E-state index in [-0.39, 0.29) is 18.2 Å². The fourth-order valence-electron chi connectivity index (χ4n) is 5.14. The number of hydrogen-bond acceptors (Lipinski definition) is 4. The summed E-state index contributed by atoms with van der Waals surface area (Å²) in [5, 5.41) is 0. The van der Waals surface area contributed by atoms with Gasteiger partial charge in [-0.05, 0) is 29.4 Å². The Morgan fingerprint density at radius 1 is 0.933 bits per heavy atom. The first-order chi connectivity index (χ1) is 14.7. The SMILES string of the molecule is COC(C[C@@H]1CN(Cc2ccccc2)[C@@H]2C(=O)N(Cc3ccccc3)CC[C@H]12)OC. The molecule has 0 radical (unpaired) electrons. The topological polar surface area (TPSA) is 42.0 Å². The molecule has 2 aliphatic heterocycles. The number of carbonyl (C=O) groups excluding carboxylic acids is 1. The van der Waals surface area contributed by atoms with Crippen molar-refractivity contribution in [2.45, 2.75) is 38.3 Å². The molecule has 2 aromatic carbocycles. The molecule has 0 bridgehead atoms. The largest absolute Gasteiger partial charge is 0.356 e. The predicted octanol–water partition coefficient (Wildman–Crippen LogP) is 3.54. The maximum Gasteiger partial charge on any atom is 0.240 e. The van der Waals surface area contributed by atoms with Crippen molar-refractivity contribution in [3.8, 4) is 0 Å². The summed E-state index contributed by atoms with van der Waals surface area (Å²) in [6.45, 7) is 3.20. The molecule has 2 fully saturated rings.